The van der Waals surface area contributed by atoms with Crippen LogP contribution < -0.4 is 10.1 Å². The Balaban J connectivity index is 2.13. The van der Waals surface area contributed by atoms with Crippen LogP contribution in [0.15, 0.2) is 41.8 Å². The van der Waals surface area contributed by atoms with Gasteiger partial charge in [-0.05, 0) is 17.0 Å². The van der Waals surface area contributed by atoms with Gasteiger partial charge < -0.3 is 15.2 Å². The van der Waals surface area contributed by atoms with E-state index >= 15 is 0 Å². The third-order valence-electron chi connectivity index (χ3n) is 2.75. The third kappa shape index (κ3) is 3.13. The minimum atomic E-state index is -0.416. The number of ether oxygens (including phenoxy) is 1. The van der Waals surface area contributed by atoms with Crippen LogP contribution in [0.25, 0.3) is 0 Å². The molecule has 1 aromatic carbocycles. The quantitative estimate of drug-likeness (QED) is 0.881. The normalized spacial score (nSPS) is 11.9. The molecule has 0 saturated heterocycles. The van der Waals surface area contributed by atoms with Crippen LogP contribution in [-0.2, 0) is 0 Å². The fourth-order valence-electron chi connectivity index (χ4n) is 1.77. The number of hydrogen-bond donors (Lipinski definition) is 2. The Labute approximate surface area is 115 Å². The van der Waals surface area contributed by atoms with E-state index in [1.165, 1.54) is 18.4 Å². The smallest absolute Gasteiger partial charge is 0.265 e. The van der Waals surface area contributed by atoms with Gasteiger partial charge in [-0.15, -0.1) is 11.3 Å². The topological polar surface area (TPSA) is 58.6 Å². The summed E-state index contributed by atoms with van der Waals surface area (Å²) in [4.78, 5) is 12.6. The highest BCUT2D eigenvalue weighted by molar-refractivity contribution is 7.12. The lowest BCUT2D eigenvalue weighted by atomic mass is 10.1. The van der Waals surface area contributed by atoms with E-state index in [2.05, 4.69) is 5.32 Å². The predicted octanol–water partition coefficient (Wildman–Crippen LogP) is 2.22. The zero-order valence-electron chi connectivity index (χ0n) is 10.5. The van der Waals surface area contributed by atoms with Crippen LogP contribution >= 0.6 is 11.3 Å². The van der Waals surface area contributed by atoms with Crippen molar-refractivity contribution in [1.29, 1.82) is 0 Å². The van der Waals surface area contributed by atoms with Crippen LogP contribution in [0.2, 0.25) is 0 Å². The second-order valence-corrected chi connectivity index (χ2v) is 4.85. The fourth-order valence-corrected chi connectivity index (χ4v) is 2.53. The molecule has 19 heavy (non-hydrogen) atoms. The Bertz CT molecular complexity index is 539. The van der Waals surface area contributed by atoms with Crippen molar-refractivity contribution in [3.05, 3.63) is 52.2 Å². The van der Waals surface area contributed by atoms with Gasteiger partial charge in [0, 0.05) is 0 Å². The average Bonchev–Trinajstić information content (AvgIpc) is 2.94. The van der Waals surface area contributed by atoms with Gasteiger partial charge in [0.15, 0.2) is 0 Å². The van der Waals surface area contributed by atoms with Gasteiger partial charge in [0.05, 0.1) is 19.8 Å². The van der Waals surface area contributed by atoms with E-state index in [0.29, 0.717) is 10.6 Å². The van der Waals surface area contributed by atoms with E-state index in [0.717, 1.165) is 5.56 Å². The van der Waals surface area contributed by atoms with Gasteiger partial charge in [-0.2, -0.15) is 0 Å². The second-order valence-electron chi connectivity index (χ2n) is 3.94. The summed E-state index contributed by atoms with van der Waals surface area (Å²) in [6, 6.07) is 10.7. The highest BCUT2D eigenvalue weighted by atomic mass is 32.1. The summed E-state index contributed by atoms with van der Waals surface area (Å²) in [6.07, 6.45) is 0. The van der Waals surface area contributed by atoms with Gasteiger partial charge in [0.25, 0.3) is 5.91 Å². The van der Waals surface area contributed by atoms with Crippen LogP contribution in [0.3, 0.4) is 0 Å². The van der Waals surface area contributed by atoms with Gasteiger partial charge in [0.1, 0.15) is 10.6 Å². The molecule has 100 valence electrons. The lowest BCUT2D eigenvalue weighted by Crippen LogP contribution is -2.30. The average molecular weight is 277 g/mol. The molecule has 1 heterocycles. The number of benzene rings is 1. The number of methoxy groups -OCH3 is 1. The molecule has 5 heteroatoms. The zero-order chi connectivity index (χ0) is 13.7. The molecule has 2 N–H and O–H groups in total. The van der Waals surface area contributed by atoms with Crippen molar-refractivity contribution in [2.45, 2.75) is 6.04 Å². The van der Waals surface area contributed by atoms with Crippen LogP contribution in [-0.4, -0.2) is 24.7 Å². The van der Waals surface area contributed by atoms with Crippen molar-refractivity contribution < 1.29 is 14.6 Å². The number of thiophene rings is 1. The Morgan fingerprint density at radius 3 is 2.74 bits per heavy atom. The van der Waals surface area contributed by atoms with E-state index in [1.807, 2.05) is 30.3 Å². The molecule has 0 aliphatic carbocycles. The van der Waals surface area contributed by atoms with Gasteiger partial charge in [-0.3, -0.25) is 4.79 Å². The maximum absolute atomic E-state index is 12.1. The van der Waals surface area contributed by atoms with Gasteiger partial charge in [-0.1, -0.05) is 30.3 Å². The highest BCUT2D eigenvalue weighted by Gasteiger charge is 2.18. The lowest BCUT2D eigenvalue weighted by molar-refractivity contribution is 0.0917. The predicted molar refractivity (Wildman–Crippen MR) is 74.6 cm³/mol. The molecule has 0 unspecified atom stereocenters. The van der Waals surface area contributed by atoms with E-state index in [4.69, 9.17) is 4.74 Å². The number of hydrogen-bond acceptors (Lipinski definition) is 4. The summed E-state index contributed by atoms with van der Waals surface area (Å²) < 4.78 is 5.11. The van der Waals surface area contributed by atoms with Crippen LogP contribution in [0.1, 0.15) is 21.3 Å². The first-order valence-electron chi connectivity index (χ1n) is 5.84. The Morgan fingerprint density at radius 2 is 2.11 bits per heavy atom. The minimum Gasteiger partial charge on any atom is -0.495 e. The Hall–Kier alpha value is -1.85. The first-order valence-corrected chi connectivity index (χ1v) is 6.72. The standard InChI is InChI=1S/C14H15NO3S/c1-18-12-7-8-19-13(12)14(17)15-11(9-16)10-5-3-2-4-6-10/h2-8,11,16H,9H2,1H3,(H,15,17)/t11-/m0/s1. The monoisotopic (exact) mass is 277 g/mol. The first-order chi connectivity index (χ1) is 9.26. The molecular weight excluding hydrogens is 262 g/mol. The molecule has 0 spiro atoms. The van der Waals surface area contributed by atoms with E-state index in [-0.39, 0.29) is 12.5 Å². The largest absolute Gasteiger partial charge is 0.495 e. The fraction of sp³-hybridized carbons (Fsp3) is 0.214. The van der Waals surface area contributed by atoms with E-state index in [1.54, 1.807) is 11.4 Å². The molecule has 0 aliphatic rings. The van der Waals surface area contributed by atoms with Gasteiger partial charge in [-0.25, -0.2) is 0 Å². The maximum atomic E-state index is 12.1. The van der Waals surface area contributed by atoms with Crippen molar-refractivity contribution in [3.8, 4) is 5.75 Å². The van der Waals surface area contributed by atoms with Crippen molar-refractivity contribution in [2.24, 2.45) is 0 Å². The lowest BCUT2D eigenvalue weighted by Gasteiger charge is -2.16. The molecule has 0 radical (unpaired) electrons. The van der Waals surface area contributed by atoms with Crippen molar-refractivity contribution in [1.82, 2.24) is 5.32 Å². The summed E-state index contributed by atoms with van der Waals surface area (Å²) in [5, 5.41) is 14.0. The maximum Gasteiger partial charge on any atom is 0.265 e. The number of carbonyl (C=O) groups excluding carboxylic acids is 1. The highest BCUT2D eigenvalue weighted by Crippen LogP contribution is 2.25. The number of amides is 1. The van der Waals surface area contributed by atoms with Crippen LogP contribution in [0, 0.1) is 0 Å². The number of rotatable bonds is 5. The summed E-state index contributed by atoms with van der Waals surface area (Å²) in [5.41, 5.74) is 0.869. The van der Waals surface area contributed by atoms with E-state index < -0.39 is 6.04 Å². The summed E-state index contributed by atoms with van der Waals surface area (Å²) in [7, 11) is 1.53. The second kappa shape index (κ2) is 6.36. The Kier molecular flexibility index (Phi) is 4.54. The van der Waals surface area contributed by atoms with Crippen molar-refractivity contribution >= 4 is 17.2 Å². The SMILES string of the molecule is COc1ccsc1C(=O)N[C@@H](CO)c1ccccc1. The molecular formula is C14H15NO3S. The molecule has 0 bridgehead atoms. The molecule has 2 aromatic rings. The summed E-state index contributed by atoms with van der Waals surface area (Å²) in [6.45, 7) is -0.149. The van der Waals surface area contributed by atoms with Crippen LogP contribution in [0.5, 0.6) is 5.75 Å². The summed E-state index contributed by atoms with van der Waals surface area (Å²) in [5.74, 6) is 0.307. The molecule has 0 aliphatic heterocycles. The number of aliphatic hydroxyl groups is 1. The van der Waals surface area contributed by atoms with E-state index in [9.17, 15) is 9.90 Å². The Morgan fingerprint density at radius 1 is 1.37 bits per heavy atom. The molecule has 0 fully saturated rings. The molecule has 4 nitrogen and oxygen atoms in total. The number of aliphatic hydroxyl groups excluding tert-OH is 1. The molecule has 1 atom stereocenters. The van der Waals surface area contributed by atoms with Crippen molar-refractivity contribution in [3.63, 3.8) is 0 Å². The first kappa shape index (κ1) is 13.6. The van der Waals surface area contributed by atoms with Gasteiger partial charge >= 0.3 is 0 Å². The molecule has 1 aromatic heterocycles. The zero-order valence-corrected chi connectivity index (χ0v) is 11.3. The molecule has 2 rings (SSSR count). The molecule has 0 saturated carbocycles. The number of nitrogens with one attached hydrogen (secondary N) is 1. The van der Waals surface area contributed by atoms with Crippen LogP contribution in [0.4, 0.5) is 0 Å². The van der Waals surface area contributed by atoms with Crippen molar-refractivity contribution in [2.75, 3.05) is 13.7 Å². The summed E-state index contributed by atoms with van der Waals surface area (Å²) >= 11 is 1.31. The van der Waals surface area contributed by atoms with Gasteiger partial charge in [0.2, 0.25) is 0 Å². The minimum absolute atomic E-state index is 0.149. The number of carbonyl (C=O) groups is 1. The molecule has 1 amide bonds. The third-order valence-corrected chi connectivity index (χ3v) is 3.64.